The van der Waals surface area contributed by atoms with Gasteiger partial charge in [0.15, 0.2) is 11.5 Å². The second-order valence-electron chi connectivity index (χ2n) is 9.54. The summed E-state index contributed by atoms with van der Waals surface area (Å²) in [5.41, 5.74) is 6.51. The fraction of sp³-hybridized carbons (Fsp3) is 0.125. The van der Waals surface area contributed by atoms with Crippen molar-refractivity contribution in [1.29, 1.82) is 5.41 Å². The molecule has 8 heteroatoms. The van der Waals surface area contributed by atoms with Crippen molar-refractivity contribution >= 4 is 46.1 Å². The second kappa shape index (κ2) is 11.7. The number of nitrogens with zero attached hydrogens (tertiary/aromatic N) is 3. The maximum Gasteiger partial charge on any atom is 0.257 e. The summed E-state index contributed by atoms with van der Waals surface area (Å²) in [5, 5.41) is 38.5. The van der Waals surface area contributed by atoms with Crippen LogP contribution in [0.15, 0.2) is 107 Å². The summed E-state index contributed by atoms with van der Waals surface area (Å²) in [6, 6.07) is 27.4. The van der Waals surface area contributed by atoms with Gasteiger partial charge < -0.3 is 25.8 Å². The summed E-state index contributed by atoms with van der Waals surface area (Å²) in [7, 11) is 0. The minimum absolute atomic E-state index is 0.201. The van der Waals surface area contributed by atoms with E-state index in [1.165, 1.54) is 17.7 Å². The fourth-order valence-electron chi connectivity index (χ4n) is 4.59. The van der Waals surface area contributed by atoms with Gasteiger partial charge in [-0.2, -0.15) is 10.2 Å². The van der Waals surface area contributed by atoms with E-state index in [-0.39, 0.29) is 23.1 Å². The van der Waals surface area contributed by atoms with Gasteiger partial charge in [-0.15, -0.1) is 0 Å². The number of aryl methyl sites for hydroxylation is 1. The normalized spacial score (nSPS) is 13.2. The zero-order valence-electron chi connectivity index (χ0n) is 22.0. The molecule has 0 aromatic heterocycles. The van der Waals surface area contributed by atoms with Crippen molar-refractivity contribution in [2.45, 2.75) is 19.8 Å². The summed E-state index contributed by atoms with van der Waals surface area (Å²) in [6.07, 6.45) is 3.68. The smallest absolute Gasteiger partial charge is 0.257 e. The van der Waals surface area contributed by atoms with E-state index in [1.54, 1.807) is 19.1 Å². The van der Waals surface area contributed by atoms with Crippen molar-refractivity contribution in [1.82, 2.24) is 0 Å². The molecule has 0 unspecified atom stereocenters. The number of hydrogen-bond acceptors (Lipinski definition) is 7. The highest BCUT2D eigenvalue weighted by molar-refractivity contribution is 6.26. The first-order valence-corrected chi connectivity index (χ1v) is 13.0. The third-order valence-corrected chi connectivity index (χ3v) is 6.61. The molecular weight excluding hydrogens is 502 g/mol. The lowest BCUT2D eigenvalue weighted by atomic mass is 9.97. The molecule has 1 aliphatic heterocycles. The maximum atomic E-state index is 12.9. The number of nitrogens with one attached hydrogen (secondary N) is 2. The first-order chi connectivity index (χ1) is 19.4. The zero-order valence-corrected chi connectivity index (χ0v) is 22.0. The van der Waals surface area contributed by atoms with E-state index in [1.807, 2.05) is 60.7 Å². The van der Waals surface area contributed by atoms with Gasteiger partial charge in [-0.05, 0) is 97.6 Å². The Balaban J connectivity index is 1.34. The Bertz CT molecular complexity index is 1610. The van der Waals surface area contributed by atoms with Crippen molar-refractivity contribution in [3.63, 3.8) is 0 Å². The molecule has 40 heavy (non-hydrogen) atoms. The molecule has 0 aliphatic carbocycles. The molecule has 1 amide bonds. The molecule has 0 fully saturated rings. The van der Waals surface area contributed by atoms with Crippen LogP contribution in [-0.2, 0) is 11.2 Å². The fourth-order valence-corrected chi connectivity index (χ4v) is 4.59. The predicted molar refractivity (Wildman–Crippen MR) is 159 cm³/mol. The van der Waals surface area contributed by atoms with Crippen LogP contribution in [0, 0.1) is 5.41 Å². The number of para-hydroxylation sites is 1. The molecule has 0 atom stereocenters. The Morgan fingerprint density at radius 3 is 2.35 bits per heavy atom. The number of rotatable bonds is 7. The molecule has 0 bridgehead atoms. The van der Waals surface area contributed by atoms with Crippen molar-refractivity contribution in [2.75, 3.05) is 16.8 Å². The third-order valence-electron chi connectivity index (χ3n) is 6.61. The summed E-state index contributed by atoms with van der Waals surface area (Å²) in [6.45, 7) is 2.49. The summed E-state index contributed by atoms with van der Waals surface area (Å²) in [4.78, 5) is 15.2. The number of phenols is 2. The average Bonchev–Trinajstić information content (AvgIpc) is 2.96. The molecule has 5 rings (SSSR count). The average molecular weight is 532 g/mol. The van der Waals surface area contributed by atoms with Gasteiger partial charge in [-0.1, -0.05) is 24.3 Å². The van der Waals surface area contributed by atoms with E-state index in [2.05, 4.69) is 32.6 Å². The third kappa shape index (κ3) is 6.07. The van der Waals surface area contributed by atoms with E-state index >= 15 is 0 Å². The largest absolute Gasteiger partial charge is 0.504 e. The second-order valence-corrected chi connectivity index (χ2v) is 9.54. The monoisotopic (exact) mass is 531 g/mol. The van der Waals surface area contributed by atoms with Gasteiger partial charge in [-0.25, -0.2) is 0 Å². The number of azo groups is 1. The summed E-state index contributed by atoms with van der Waals surface area (Å²) < 4.78 is 0. The molecule has 4 aromatic carbocycles. The number of fused-ring (bicyclic) bond motifs is 1. The minimum atomic E-state index is -0.308. The SMILES string of the molecule is CC(=N)/C(=C/c1ccc2c(c1)CCCN2c1ccc(N=Nc2ccc(O)c(O)c2)cc1)C(=O)Nc1ccccc1. The van der Waals surface area contributed by atoms with Crippen LogP contribution in [0.2, 0.25) is 0 Å². The highest BCUT2D eigenvalue weighted by atomic mass is 16.3. The van der Waals surface area contributed by atoms with Crippen molar-refractivity contribution in [2.24, 2.45) is 10.2 Å². The van der Waals surface area contributed by atoms with Gasteiger partial charge >= 0.3 is 0 Å². The quantitative estimate of drug-likeness (QED) is 0.0846. The van der Waals surface area contributed by atoms with Gasteiger partial charge in [0.25, 0.3) is 5.91 Å². The lowest BCUT2D eigenvalue weighted by molar-refractivity contribution is -0.112. The van der Waals surface area contributed by atoms with Gasteiger partial charge in [0, 0.05) is 35.4 Å². The van der Waals surface area contributed by atoms with Gasteiger partial charge in [0.05, 0.1) is 16.9 Å². The number of hydrogen-bond donors (Lipinski definition) is 4. The van der Waals surface area contributed by atoms with Crippen LogP contribution in [0.4, 0.5) is 28.4 Å². The van der Waals surface area contributed by atoms with E-state index in [9.17, 15) is 15.0 Å². The van der Waals surface area contributed by atoms with Crippen LogP contribution in [-0.4, -0.2) is 28.4 Å². The van der Waals surface area contributed by atoms with Crippen LogP contribution < -0.4 is 10.2 Å². The number of carbonyl (C=O) groups is 1. The highest BCUT2D eigenvalue weighted by Gasteiger charge is 2.19. The first kappa shape index (κ1) is 26.4. The Hall–Kier alpha value is -5.24. The molecule has 0 radical (unpaired) electrons. The number of anilines is 3. The number of benzene rings is 4. The molecule has 0 spiro atoms. The van der Waals surface area contributed by atoms with E-state index < -0.39 is 0 Å². The molecule has 0 saturated heterocycles. The topological polar surface area (TPSA) is 121 Å². The number of amides is 1. The van der Waals surface area contributed by atoms with Gasteiger partial charge in [0.1, 0.15) is 0 Å². The molecular formula is C32H29N5O3. The molecule has 4 N–H and O–H groups in total. The molecule has 0 saturated carbocycles. The standard InChI is InChI=1S/C32H29N5O3/c1-21(33)28(32(40)34-24-7-3-2-4-8-24)19-22-9-15-29-23(18-22)6-5-17-37(29)27-13-10-25(11-14-27)35-36-26-12-16-30(38)31(39)20-26/h2-4,7-16,18-20,33,38-39H,5-6,17H2,1H3,(H,34,40)/b28-19-,33-21?,36-35?. The minimum Gasteiger partial charge on any atom is -0.504 e. The van der Waals surface area contributed by atoms with Crippen molar-refractivity contribution < 1.29 is 15.0 Å². The predicted octanol–water partition coefficient (Wildman–Crippen LogP) is 7.66. The lowest BCUT2D eigenvalue weighted by Gasteiger charge is -2.31. The Morgan fingerprint density at radius 1 is 0.900 bits per heavy atom. The van der Waals surface area contributed by atoms with Crippen LogP contribution in [0.5, 0.6) is 11.5 Å². The number of phenolic OH excluding ortho intramolecular Hbond substituents is 2. The highest BCUT2D eigenvalue weighted by Crippen LogP contribution is 2.36. The van der Waals surface area contributed by atoms with Gasteiger partial charge in [-0.3, -0.25) is 4.79 Å². The van der Waals surface area contributed by atoms with E-state index in [4.69, 9.17) is 5.41 Å². The molecule has 1 aliphatic rings. The Labute approximate surface area is 232 Å². The van der Waals surface area contributed by atoms with Crippen LogP contribution in [0.1, 0.15) is 24.5 Å². The summed E-state index contributed by atoms with van der Waals surface area (Å²) >= 11 is 0. The van der Waals surface area contributed by atoms with Crippen molar-refractivity contribution in [3.05, 3.63) is 108 Å². The molecule has 8 nitrogen and oxygen atoms in total. The van der Waals surface area contributed by atoms with Crippen LogP contribution in [0.25, 0.3) is 6.08 Å². The van der Waals surface area contributed by atoms with E-state index in [0.717, 1.165) is 36.3 Å². The van der Waals surface area contributed by atoms with Crippen LogP contribution in [0.3, 0.4) is 0 Å². The number of carbonyl (C=O) groups excluding carboxylic acids is 1. The first-order valence-electron chi connectivity index (χ1n) is 13.0. The summed E-state index contributed by atoms with van der Waals surface area (Å²) in [5.74, 6) is -0.751. The van der Waals surface area contributed by atoms with Crippen LogP contribution >= 0.6 is 0 Å². The Kier molecular flexibility index (Phi) is 7.68. The molecule has 4 aromatic rings. The molecule has 1 heterocycles. The lowest BCUT2D eigenvalue weighted by Crippen LogP contribution is -2.24. The Morgan fingerprint density at radius 2 is 1.62 bits per heavy atom. The van der Waals surface area contributed by atoms with Crippen molar-refractivity contribution in [3.8, 4) is 11.5 Å². The molecule has 200 valence electrons. The zero-order chi connectivity index (χ0) is 28.1. The van der Waals surface area contributed by atoms with E-state index in [0.29, 0.717) is 22.6 Å². The van der Waals surface area contributed by atoms with Gasteiger partial charge in [0.2, 0.25) is 0 Å². The maximum absolute atomic E-state index is 12.9. The number of aromatic hydroxyl groups is 2.